The summed E-state index contributed by atoms with van der Waals surface area (Å²) in [4.78, 5) is -0.462. The van der Waals surface area contributed by atoms with E-state index in [2.05, 4.69) is 10.0 Å². The molecule has 0 saturated heterocycles. The number of fused-ring (bicyclic) bond motifs is 1. The van der Waals surface area contributed by atoms with E-state index in [-0.39, 0.29) is 5.69 Å². The van der Waals surface area contributed by atoms with Gasteiger partial charge in [0.25, 0.3) is 10.0 Å². The minimum absolute atomic E-state index is 0.217. The monoisotopic (exact) mass is 404 g/mol. The average molecular weight is 405 g/mol. The van der Waals surface area contributed by atoms with Crippen LogP contribution < -0.4 is 10.0 Å². The van der Waals surface area contributed by atoms with Crippen LogP contribution in [0.25, 0.3) is 0 Å². The lowest BCUT2D eigenvalue weighted by molar-refractivity contribution is -0.137. The lowest BCUT2D eigenvalue weighted by atomic mass is 10.1. The zero-order valence-corrected chi connectivity index (χ0v) is 15.1. The minimum Gasteiger partial charge on any atom is -0.384 e. The Bertz CT molecular complexity index is 930. The number of hydrogen-bond acceptors (Lipinski definition) is 3. The van der Waals surface area contributed by atoms with Crippen molar-refractivity contribution in [2.75, 3.05) is 16.6 Å². The van der Waals surface area contributed by atoms with Gasteiger partial charge in [-0.3, -0.25) is 4.72 Å². The number of rotatable bonds is 3. The van der Waals surface area contributed by atoms with E-state index in [9.17, 15) is 21.6 Å². The highest BCUT2D eigenvalue weighted by Crippen LogP contribution is 2.34. The summed E-state index contributed by atoms with van der Waals surface area (Å²) >= 11 is 6.23. The summed E-state index contributed by atoms with van der Waals surface area (Å²) in [6.07, 6.45) is -1.98. The number of nitrogens with one attached hydrogen (secondary N) is 2. The molecule has 0 atom stereocenters. The van der Waals surface area contributed by atoms with Crippen LogP contribution in [0.2, 0.25) is 5.02 Å². The summed E-state index contributed by atoms with van der Waals surface area (Å²) in [5, 5.41) is 3.57. The number of hydrogen-bond donors (Lipinski definition) is 2. The van der Waals surface area contributed by atoms with E-state index in [1.165, 1.54) is 6.07 Å². The van der Waals surface area contributed by atoms with Gasteiger partial charge in [0, 0.05) is 6.54 Å². The lowest BCUT2D eigenvalue weighted by Gasteiger charge is -2.15. The molecule has 2 aromatic rings. The molecule has 0 spiro atoms. The van der Waals surface area contributed by atoms with Crippen LogP contribution in [0.15, 0.2) is 41.3 Å². The first-order chi connectivity index (χ1) is 12.2. The molecule has 0 aromatic heterocycles. The van der Waals surface area contributed by atoms with Gasteiger partial charge in [-0.15, -0.1) is 0 Å². The van der Waals surface area contributed by atoms with Gasteiger partial charge in [0.05, 0.1) is 26.9 Å². The Balaban J connectivity index is 1.93. The van der Waals surface area contributed by atoms with Crippen LogP contribution in [0.3, 0.4) is 0 Å². The predicted octanol–water partition coefficient (Wildman–Crippen LogP) is 4.91. The summed E-state index contributed by atoms with van der Waals surface area (Å²) in [6, 6.07) is 6.71. The Kier molecular flexibility index (Phi) is 5.07. The van der Waals surface area contributed by atoms with Crippen molar-refractivity contribution >= 4 is 33.0 Å². The topological polar surface area (TPSA) is 58.2 Å². The maximum Gasteiger partial charge on any atom is 0.416 e. The molecule has 1 aliphatic heterocycles. The zero-order chi connectivity index (χ0) is 18.9. The van der Waals surface area contributed by atoms with Crippen LogP contribution >= 0.6 is 11.6 Å². The normalized spacial score (nSPS) is 14.9. The first kappa shape index (κ1) is 18.8. The molecule has 140 valence electrons. The first-order valence-corrected chi connectivity index (χ1v) is 9.79. The van der Waals surface area contributed by atoms with Gasteiger partial charge in [-0.2, -0.15) is 13.2 Å². The van der Waals surface area contributed by atoms with Gasteiger partial charge in [-0.1, -0.05) is 17.7 Å². The Morgan fingerprint density at radius 3 is 2.62 bits per heavy atom. The SMILES string of the molecule is O=S(=O)(Nc1cc(Cl)c2c(c1)CCCCN2)c1cccc(C(F)(F)F)c1. The standard InChI is InChI=1S/C17H16ClF3N2O2S/c18-15-10-13(8-11-4-1-2-7-22-16(11)15)23-26(24,25)14-6-3-5-12(9-14)17(19,20)21/h3,5-6,8-10,22-23H,1-2,4,7H2. The Labute approximate surface area is 154 Å². The maximum absolute atomic E-state index is 12.8. The van der Waals surface area contributed by atoms with Gasteiger partial charge in [-0.05, 0) is 55.2 Å². The molecule has 4 nitrogen and oxygen atoms in total. The van der Waals surface area contributed by atoms with Gasteiger partial charge >= 0.3 is 6.18 Å². The quantitative estimate of drug-likeness (QED) is 0.764. The molecule has 1 aliphatic rings. The van der Waals surface area contributed by atoms with Crippen molar-refractivity contribution < 1.29 is 21.6 Å². The minimum atomic E-state index is -4.62. The summed E-state index contributed by atoms with van der Waals surface area (Å²) in [7, 11) is -4.18. The van der Waals surface area contributed by atoms with Crippen LogP contribution in [0.5, 0.6) is 0 Å². The number of anilines is 2. The molecule has 0 amide bonds. The predicted molar refractivity (Wildman–Crippen MR) is 95.1 cm³/mol. The van der Waals surface area contributed by atoms with E-state index in [4.69, 9.17) is 11.6 Å². The highest BCUT2D eigenvalue weighted by Gasteiger charge is 2.31. The van der Waals surface area contributed by atoms with Crippen molar-refractivity contribution in [1.82, 2.24) is 0 Å². The van der Waals surface area contributed by atoms with Crippen LogP contribution in [-0.2, 0) is 22.6 Å². The second kappa shape index (κ2) is 7.00. The fourth-order valence-electron chi connectivity index (χ4n) is 2.83. The summed E-state index contributed by atoms with van der Waals surface area (Å²) in [5.74, 6) is 0. The van der Waals surface area contributed by atoms with E-state index in [1.807, 2.05) is 0 Å². The molecule has 2 aromatic carbocycles. The Hall–Kier alpha value is -1.93. The van der Waals surface area contributed by atoms with Crippen molar-refractivity contribution in [3.8, 4) is 0 Å². The van der Waals surface area contributed by atoms with Crippen molar-refractivity contribution in [1.29, 1.82) is 0 Å². The second-order valence-corrected chi connectivity index (χ2v) is 8.10. The summed E-state index contributed by atoms with van der Waals surface area (Å²) in [5.41, 5.74) is 0.835. The highest BCUT2D eigenvalue weighted by atomic mass is 35.5. The lowest BCUT2D eigenvalue weighted by Crippen LogP contribution is -2.15. The van der Waals surface area contributed by atoms with Crippen LogP contribution in [0, 0.1) is 0 Å². The summed E-state index contributed by atoms with van der Waals surface area (Å²) in [6.45, 7) is 0.780. The zero-order valence-electron chi connectivity index (χ0n) is 13.5. The Morgan fingerprint density at radius 2 is 1.88 bits per heavy atom. The fraction of sp³-hybridized carbons (Fsp3) is 0.294. The number of sulfonamides is 1. The third kappa shape index (κ3) is 4.07. The first-order valence-electron chi connectivity index (χ1n) is 7.93. The molecule has 9 heteroatoms. The van der Waals surface area contributed by atoms with Crippen LogP contribution in [-0.4, -0.2) is 15.0 Å². The van der Waals surface area contributed by atoms with E-state index >= 15 is 0 Å². The molecule has 0 radical (unpaired) electrons. The average Bonchev–Trinajstić information content (AvgIpc) is 2.79. The number of benzene rings is 2. The molecule has 0 unspecified atom stereocenters. The number of aryl methyl sites for hydroxylation is 1. The van der Waals surface area contributed by atoms with Gasteiger partial charge in [0.1, 0.15) is 0 Å². The molecule has 0 fully saturated rings. The summed E-state index contributed by atoms with van der Waals surface area (Å²) < 4.78 is 65.8. The van der Waals surface area contributed by atoms with Crippen molar-refractivity contribution in [2.24, 2.45) is 0 Å². The molecule has 0 aliphatic carbocycles. The number of halogens is 4. The van der Waals surface area contributed by atoms with Crippen molar-refractivity contribution in [3.63, 3.8) is 0 Å². The third-order valence-corrected chi connectivity index (χ3v) is 5.75. The van der Waals surface area contributed by atoms with E-state index in [0.29, 0.717) is 11.1 Å². The molecule has 0 saturated carbocycles. The molecule has 1 heterocycles. The number of alkyl halides is 3. The van der Waals surface area contributed by atoms with Gasteiger partial charge in [0.2, 0.25) is 0 Å². The van der Waals surface area contributed by atoms with E-state index < -0.39 is 26.7 Å². The molecule has 2 N–H and O–H groups in total. The smallest absolute Gasteiger partial charge is 0.384 e. The van der Waals surface area contributed by atoms with Gasteiger partial charge in [0.15, 0.2) is 0 Å². The van der Waals surface area contributed by atoms with Crippen molar-refractivity contribution in [3.05, 3.63) is 52.5 Å². The highest BCUT2D eigenvalue weighted by molar-refractivity contribution is 7.92. The van der Waals surface area contributed by atoms with E-state index in [0.717, 1.165) is 55.3 Å². The largest absolute Gasteiger partial charge is 0.416 e. The van der Waals surface area contributed by atoms with Gasteiger partial charge < -0.3 is 5.32 Å². The molecular formula is C17H16ClF3N2O2S. The molecule has 3 rings (SSSR count). The molecule has 26 heavy (non-hydrogen) atoms. The Morgan fingerprint density at radius 1 is 1.12 bits per heavy atom. The van der Waals surface area contributed by atoms with E-state index in [1.54, 1.807) is 6.07 Å². The fourth-order valence-corrected chi connectivity index (χ4v) is 4.22. The van der Waals surface area contributed by atoms with Crippen LogP contribution in [0.4, 0.5) is 24.5 Å². The van der Waals surface area contributed by atoms with Gasteiger partial charge in [-0.25, -0.2) is 8.42 Å². The van der Waals surface area contributed by atoms with Crippen LogP contribution in [0.1, 0.15) is 24.0 Å². The second-order valence-electron chi connectivity index (χ2n) is 6.01. The molecular weight excluding hydrogens is 389 g/mol. The maximum atomic E-state index is 12.8. The van der Waals surface area contributed by atoms with Crippen molar-refractivity contribution in [2.45, 2.75) is 30.3 Å². The third-order valence-electron chi connectivity index (χ3n) is 4.07. The molecule has 0 bridgehead atoms.